The summed E-state index contributed by atoms with van der Waals surface area (Å²) in [5, 5.41) is 3.52. The maximum Gasteiger partial charge on any atom is 0.0518 e. The minimum absolute atomic E-state index is 0.367. The molecule has 0 saturated carbocycles. The third-order valence-electron chi connectivity index (χ3n) is 3.50. The summed E-state index contributed by atoms with van der Waals surface area (Å²) in [6, 6.07) is 0. The first-order valence-electron chi connectivity index (χ1n) is 7.83. The lowest BCUT2D eigenvalue weighted by atomic mass is 10.1. The van der Waals surface area contributed by atoms with Crippen molar-refractivity contribution in [2.45, 2.75) is 58.5 Å². The van der Waals surface area contributed by atoms with Crippen molar-refractivity contribution in [2.75, 3.05) is 39.3 Å². The van der Waals surface area contributed by atoms with E-state index in [0.29, 0.717) is 6.10 Å². The van der Waals surface area contributed by atoms with Crippen LogP contribution in [0.5, 0.6) is 0 Å². The van der Waals surface area contributed by atoms with Gasteiger partial charge in [0.15, 0.2) is 0 Å². The summed E-state index contributed by atoms with van der Waals surface area (Å²) in [4.78, 5) is 2.62. The molecule has 0 radical (unpaired) electrons. The molecule has 0 atom stereocenters. The van der Waals surface area contributed by atoms with Crippen molar-refractivity contribution in [3.05, 3.63) is 0 Å². The van der Waals surface area contributed by atoms with E-state index >= 15 is 0 Å². The molecule has 1 aliphatic heterocycles. The Morgan fingerprint density at radius 1 is 1.00 bits per heavy atom. The Labute approximate surface area is 113 Å². The zero-order chi connectivity index (χ0) is 13.1. The Morgan fingerprint density at radius 3 is 2.33 bits per heavy atom. The van der Waals surface area contributed by atoms with Gasteiger partial charge in [-0.1, -0.05) is 19.3 Å². The lowest BCUT2D eigenvalue weighted by Crippen LogP contribution is -2.34. The quantitative estimate of drug-likeness (QED) is 0.676. The van der Waals surface area contributed by atoms with Gasteiger partial charge < -0.3 is 15.0 Å². The third kappa shape index (κ3) is 8.90. The predicted octanol–water partition coefficient (Wildman–Crippen LogP) is 2.66. The molecule has 3 heteroatoms. The lowest BCUT2D eigenvalue weighted by molar-refractivity contribution is 0.0770. The Kier molecular flexibility index (Phi) is 9.54. The van der Waals surface area contributed by atoms with Crippen molar-refractivity contribution < 1.29 is 4.74 Å². The van der Waals surface area contributed by atoms with Crippen LogP contribution in [0, 0.1) is 0 Å². The number of hydrogen-bond acceptors (Lipinski definition) is 3. The second-order valence-electron chi connectivity index (χ2n) is 5.63. The largest absolute Gasteiger partial charge is 0.379 e. The summed E-state index contributed by atoms with van der Waals surface area (Å²) in [5.74, 6) is 0. The number of likely N-dealkylation sites (tertiary alicyclic amines) is 1. The fourth-order valence-electron chi connectivity index (χ4n) is 2.41. The first-order valence-corrected chi connectivity index (χ1v) is 7.83. The highest BCUT2D eigenvalue weighted by molar-refractivity contribution is 4.63. The van der Waals surface area contributed by atoms with E-state index in [1.54, 1.807) is 0 Å². The van der Waals surface area contributed by atoms with Gasteiger partial charge in [-0.15, -0.1) is 0 Å². The molecule has 0 unspecified atom stereocenters. The minimum atomic E-state index is 0.367. The zero-order valence-electron chi connectivity index (χ0n) is 12.4. The van der Waals surface area contributed by atoms with Gasteiger partial charge in [0.2, 0.25) is 0 Å². The van der Waals surface area contributed by atoms with Crippen LogP contribution in [0.25, 0.3) is 0 Å². The Hall–Kier alpha value is -0.120. The summed E-state index contributed by atoms with van der Waals surface area (Å²) in [5.41, 5.74) is 0. The van der Waals surface area contributed by atoms with E-state index in [9.17, 15) is 0 Å². The standard InChI is InChI=1S/C15H32N2O/c1-15(2)18-14-8-9-16-10-13-17-11-6-4-3-5-7-12-17/h15-16H,3-14H2,1-2H3. The maximum absolute atomic E-state index is 5.52. The summed E-state index contributed by atoms with van der Waals surface area (Å²) in [6.45, 7) is 11.1. The predicted molar refractivity (Wildman–Crippen MR) is 78.1 cm³/mol. The van der Waals surface area contributed by atoms with Gasteiger partial charge in [-0.2, -0.15) is 0 Å². The molecule has 3 nitrogen and oxygen atoms in total. The highest BCUT2D eigenvalue weighted by Crippen LogP contribution is 2.09. The molecule has 108 valence electrons. The molecule has 1 saturated heterocycles. The van der Waals surface area contributed by atoms with Crippen molar-refractivity contribution in [2.24, 2.45) is 0 Å². The molecular formula is C15H32N2O. The van der Waals surface area contributed by atoms with E-state index in [0.717, 1.165) is 26.1 Å². The molecule has 0 aromatic rings. The molecule has 1 fully saturated rings. The Bertz CT molecular complexity index is 177. The number of rotatable bonds is 8. The smallest absolute Gasteiger partial charge is 0.0518 e. The summed E-state index contributed by atoms with van der Waals surface area (Å²) < 4.78 is 5.52. The molecule has 0 amide bonds. The molecular weight excluding hydrogens is 224 g/mol. The van der Waals surface area contributed by atoms with E-state index in [4.69, 9.17) is 4.74 Å². The van der Waals surface area contributed by atoms with Crippen LogP contribution in [0.15, 0.2) is 0 Å². The van der Waals surface area contributed by atoms with Crippen molar-refractivity contribution >= 4 is 0 Å². The number of nitrogens with one attached hydrogen (secondary N) is 1. The van der Waals surface area contributed by atoms with Crippen LogP contribution in [-0.4, -0.2) is 50.3 Å². The van der Waals surface area contributed by atoms with Crippen molar-refractivity contribution in [3.63, 3.8) is 0 Å². The highest BCUT2D eigenvalue weighted by atomic mass is 16.5. The van der Waals surface area contributed by atoms with E-state index in [1.807, 2.05) is 0 Å². The van der Waals surface area contributed by atoms with Crippen LogP contribution in [0.1, 0.15) is 52.4 Å². The first-order chi connectivity index (χ1) is 8.79. The molecule has 1 heterocycles. The van der Waals surface area contributed by atoms with Gasteiger partial charge in [0.05, 0.1) is 6.10 Å². The van der Waals surface area contributed by atoms with E-state index in [1.165, 1.54) is 51.7 Å². The Morgan fingerprint density at radius 2 is 1.67 bits per heavy atom. The average Bonchev–Trinajstić information content (AvgIpc) is 2.29. The topological polar surface area (TPSA) is 24.5 Å². The zero-order valence-corrected chi connectivity index (χ0v) is 12.4. The molecule has 0 aliphatic carbocycles. The second-order valence-corrected chi connectivity index (χ2v) is 5.63. The first kappa shape index (κ1) is 15.9. The summed E-state index contributed by atoms with van der Waals surface area (Å²) in [6.07, 6.45) is 8.57. The molecule has 1 rings (SSSR count). The van der Waals surface area contributed by atoms with Gasteiger partial charge in [0.25, 0.3) is 0 Å². The van der Waals surface area contributed by atoms with Crippen LogP contribution in [0.2, 0.25) is 0 Å². The summed E-state index contributed by atoms with van der Waals surface area (Å²) in [7, 11) is 0. The second kappa shape index (κ2) is 10.8. The van der Waals surface area contributed by atoms with Gasteiger partial charge >= 0.3 is 0 Å². The van der Waals surface area contributed by atoms with Crippen LogP contribution in [0.3, 0.4) is 0 Å². The van der Waals surface area contributed by atoms with Crippen molar-refractivity contribution in [1.29, 1.82) is 0 Å². The molecule has 0 aromatic carbocycles. The monoisotopic (exact) mass is 256 g/mol. The summed E-state index contributed by atoms with van der Waals surface area (Å²) >= 11 is 0. The molecule has 0 spiro atoms. The number of nitrogens with zero attached hydrogens (tertiary/aromatic N) is 1. The van der Waals surface area contributed by atoms with Crippen molar-refractivity contribution in [3.8, 4) is 0 Å². The highest BCUT2D eigenvalue weighted by Gasteiger charge is 2.06. The van der Waals surface area contributed by atoms with Gasteiger partial charge in [-0.3, -0.25) is 0 Å². The average molecular weight is 256 g/mol. The number of ether oxygens (including phenoxy) is 1. The molecule has 18 heavy (non-hydrogen) atoms. The van der Waals surface area contributed by atoms with Gasteiger partial charge in [-0.25, -0.2) is 0 Å². The normalized spacial score (nSPS) is 18.8. The fraction of sp³-hybridized carbons (Fsp3) is 1.00. The molecule has 1 N–H and O–H groups in total. The lowest BCUT2D eigenvalue weighted by Gasteiger charge is -2.24. The molecule has 1 aliphatic rings. The fourth-order valence-corrected chi connectivity index (χ4v) is 2.41. The third-order valence-corrected chi connectivity index (χ3v) is 3.50. The number of hydrogen-bond donors (Lipinski definition) is 1. The van der Waals surface area contributed by atoms with Crippen LogP contribution in [-0.2, 0) is 4.74 Å². The van der Waals surface area contributed by atoms with Crippen molar-refractivity contribution in [1.82, 2.24) is 10.2 Å². The maximum atomic E-state index is 5.52. The van der Waals surface area contributed by atoms with Gasteiger partial charge in [0, 0.05) is 19.7 Å². The van der Waals surface area contributed by atoms with Crippen LogP contribution in [0.4, 0.5) is 0 Å². The Balaban J connectivity index is 1.89. The van der Waals surface area contributed by atoms with Crippen LogP contribution < -0.4 is 5.32 Å². The van der Waals surface area contributed by atoms with E-state index < -0.39 is 0 Å². The molecule has 0 bridgehead atoms. The molecule has 0 aromatic heterocycles. The minimum Gasteiger partial charge on any atom is -0.379 e. The van der Waals surface area contributed by atoms with Crippen LogP contribution >= 0.6 is 0 Å². The SMILES string of the molecule is CC(C)OCCCNCCN1CCCCCCC1. The van der Waals surface area contributed by atoms with Gasteiger partial charge in [0.1, 0.15) is 0 Å². The van der Waals surface area contributed by atoms with E-state index in [-0.39, 0.29) is 0 Å². The van der Waals surface area contributed by atoms with Gasteiger partial charge in [-0.05, 0) is 52.7 Å². The van der Waals surface area contributed by atoms with E-state index in [2.05, 4.69) is 24.1 Å².